The molecule has 0 aliphatic carbocycles. The van der Waals surface area contributed by atoms with Crippen molar-refractivity contribution in [3.8, 4) is 11.5 Å². The Labute approximate surface area is 160 Å². The van der Waals surface area contributed by atoms with Crippen molar-refractivity contribution in [2.45, 2.75) is 13.0 Å². The number of hydrogen-bond donors (Lipinski definition) is 2. The number of para-hydroxylation sites is 1. The highest BCUT2D eigenvalue weighted by molar-refractivity contribution is 6.06. The first-order chi connectivity index (χ1) is 13.7. The Hall–Kier alpha value is -3.81. The topological polar surface area (TPSA) is 90.3 Å². The molecule has 2 aliphatic heterocycles. The standard InChI is InChI=1S/C20H17N5O3/c1-12-17(19(26)24-14-5-3-2-4-6-14)18(25-20(23-12)21-10-22-25)13-7-8-15-16(9-13)28-11-27-15/h2-10,18H,11H2,1H3,(H,24,26)(H,21,22,23)/t18-/m0/s1. The van der Waals surface area contributed by atoms with E-state index in [2.05, 4.69) is 20.7 Å². The lowest BCUT2D eigenvalue weighted by molar-refractivity contribution is -0.113. The Morgan fingerprint density at radius 2 is 2.00 bits per heavy atom. The number of amides is 1. The van der Waals surface area contributed by atoms with Crippen molar-refractivity contribution >= 4 is 17.5 Å². The van der Waals surface area contributed by atoms with Crippen LogP contribution in [-0.4, -0.2) is 27.5 Å². The molecule has 0 saturated heterocycles. The van der Waals surface area contributed by atoms with E-state index in [0.29, 0.717) is 23.0 Å². The first kappa shape index (κ1) is 16.4. The molecule has 0 radical (unpaired) electrons. The summed E-state index contributed by atoms with van der Waals surface area (Å²) < 4.78 is 12.6. The molecule has 2 aliphatic rings. The Kier molecular flexibility index (Phi) is 3.75. The van der Waals surface area contributed by atoms with E-state index in [0.717, 1.165) is 16.9 Å². The van der Waals surface area contributed by atoms with Crippen LogP contribution in [0.5, 0.6) is 11.5 Å². The number of anilines is 2. The summed E-state index contributed by atoms with van der Waals surface area (Å²) in [5, 5.41) is 10.5. The number of nitrogens with one attached hydrogen (secondary N) is 2. The van der Waals surface area contributed by atoms with Gasteiger partial charge in [0.1, 0.15) is 12.4 Å². The van der Waals surface area contributed by atoms with Crippen molar-refractivity contribution in [2.24, 2.45) is 0 Å². The summed E-state index contributed by atoms with van der Waals surface area (Å²) in [5.74, 6) is 1.71. The van der Waals surface area contributed by atoms with Crippen LogP contribution in [0.4, 0.5) is 11.6 Å². The third-order valence-electron chi connectivity index (χ3n) is 4.78. The minimum atomic E-state index is -0.447. The summed E-state index contributed by atoms with van der Waals surface area (Å²) in [4.78, 5) is 17.5. The van der Waals surface area contributed by atoms with E-state index in [-0.39, 0.29) is 12.7 Å². The first-order valence-corrected chi connectivity index (χ1v) is 8.84. The summed E-state index contributed by atoms with van der Waals surface area (Å²) in [6.45, 7) is 2.05. The zero-order valence-corrected chi connectivity index (χ0v) is 15.0. The largest absolute Gasteiger partial charge is 0.454 e. The molecule has 2 aromatic carbocycles. The maximum atomic E-state index is 13.2. The lowest BCUT2D eigenvalue weighted by atomic mass is 9.94. The molecular weight excluding hydrogens is 358 g/mol. The Bertz CT molecular complexity index is 1090. The van der Waals surface area contributed by atoms with Gasteiger partial charge in [-0.05, 0) is 36.8 Å². The number of benzene rings is 2. The van der Waals surface area contributed by atoms with Crippen LogP contribution in [0.1, 0.15) is 18.5 Å². The predicted molar refractivity (Wildman–Crippen MR) is 102 cm³/mol. The minimum Gasteiger partial charge on any atom is -0.454 e. The highest BCUT2D eigenvalue weighted by atomic mass is 16.7. The van der Waals surface area contributed by atoms with Gasteiger partial charge < -0.3 is 20.1 Å². The molecule has 3 aromatic rings. The third-order valence-corrected chi connectivity index (χ3v) is 4.78. The molecule has 1 amide bonds. The number of hydrogen-bond acceptors (Lipinski definition) is 6. The van der Waals surface area contributed by atoms with Gasteiger partial charge in [0, 0.05) is 11.4 Å². The third kappa shape index (κ3) is 2.66. The number of nitrogens with zero attached hydrogens (tertiary/aromatic N) is 3. The molecule has 0 fully saturated rings. The molecule has 3 heterocycles. The molecule has 2 N–H and O–H groups in total. The number of carbonyl (C=O) groups excluding carboxylic acids is 1. The first-order valence-electron chi connectivity index (χ1n) is 8.84. The second-order valence-corrected chi connectivity index (χ2v) is 6.53. The van der Waals surface area contributed by atoms with Gasteiger partial charge in [0.15, 0.2) is 11.5 Å². The molecule has 140 valence electrons. The second-order valence-electron chi connectivity index (χ2n) is 6.53. The van der Waals surface area contributed by atoms with Crippen LogP contribution in [0, 0.1) is 0 Å². The summed E-state index contributed by atoms with van der Waals surface area (Å²) >= 11 is 0. The normalized spacial score (nSPS) is 17.1. The van der Waals surface area contributed by atoms with Crippen LogP contribution in [0.15, 0.2) is 66.1 Å². The SMILES string of the molecule is CC1=C(C(=O)Nc2ccccc2)[C@H](c2ccc3c(c2)OCO3)n2ncnc2N1. The van der Waals surface area contributed by atoms with Gasteiger partial charge in [0.25, 0.3) is 5.91 Å². The average Bonchev–Trinajstić information content (AvgIpc) is 3.35. The number of rotatable bonds is 3. The molecule has 1 aromatic heterocycles. The Morgan fingerprint density at radius 1 is 1.18 bits per heavy atom. The van der Waals surface area contributed by atoms with Crippen molar-refractivity contribution in [3.05, 3.63) is 71.7 Å². The van der Waals surface area contributed by atoms with Crippen molar-refractivity contribution in [1.29, 1.82) is 0 Å². The molecular formula is C20H17N5O3. The van der Waals surface area contributed by atoms with Crippen LogP contribution in [0.25, 0.3) is 0 Å². The fraction of sp³-hybridized carbons (Fsp3) is 0.150. The Morgan fingerprint density at radius 3 is 2.86 bits per heavy atom. The Balaban J connectivity index is 1.58. The van der Waals surface area contributed by atoms with Crippen LogP contribution in [-0.2, 0) is 4.79 Å². The van der Waals surface area contributed by atoms with E-state index >= 15 is 0 Å². The van der Waals surface area contributed by atoms with Gasteiger partial charge in [0.2, 0.25) is 12.7 Å². The van der Waals surface area contributed by atoms with E-state index in [1.807, 2.05) is 55.5 Å². The monoisotopic (exact) mass is 375 g/mol. The zero-order valence-electron chi connectivity index (χ0n) is 15.0. The minimum absolute atomic E-state index is 0.190. The molecule has 8 nitrogen and oxygen atoms in total. The fourth-order valence-electron chi connectivity index (χ4n) is 3.50. The number of aromatic nitrogens is 3. The molecule has 0 spiro atoms. The van der Waals surface area contributed by atoms with Gasteiger partial charge in [0.05, 0.1) is 5.57 Å². The van der Waals surface area contributed by atoms with Gasteiger partial charge in [-0.15, -0.1) is 0 Å². The van der Waals surface area contributed by atoms with Gasteiger partial charge in [-0.2, -0.15) is 10.1 Å². The van der Waals surface area contributed by atoms with Crippen LogP contribution >= 0.6 is 0 Å². The number of carbonyl (C=O) groups is 1. The van der Waals surface area contributed by atoms with E-state index < -0.39 is 6.04 Å². The second kappa shape index (κ2) is 6.41. The molecule has 5 rings (SSSR count). The highest BCUT2D eigenvalue weighted by Crippen LogP contribution is 2.40. The van der Waals surface area contributed by atoms with E-state index in [1.54, 1.807) is 4.68 Å². The van der Waals surface area contributed by atoms with Crippen LogP contribution < -0.4 is 20.1 Å². The van der Waals surface area contributed by atoms with Crippen molar-refractivity contribution in [3.63, 3.8) is 0 Å². The summed E-state index contributed by atoms with van der Waals surface area (Å²) in [5.41, 5.74) is 2.86. The molecule has 28 heavy (non-hydrogen) atoms. The van der Waals surface area contributed by atoms with Crippen molar-refractivity contribution in [2.75, 3.05) is 17.4 Å². The number of allylic oxidation sites excluding steroid dienone is 1. The van der Waals surface area contributed by atoms with Gasteiger partial charge in [-0.25, -0.2) is 4.68 Å². The quantitative estimate of drug-likeness (QED) is 0.732. The van der Waals surface area contributed by atoms with Crippen LogP contribution in [0.2, 0.25) is 0 Å². The molecule has 0 bridgehead atoms. The van der Waals surface area contributed by atoms with E-state index in [1.165, 1.54) is 6.33 Å². The van der Waals surface area contributed by atoms with E-state index in [9.17, 15) is 4.79 Å². The van der Waals surface area contributed by atoms with E-state index in [4.69, 9.17) is 9.47 Å². The predicted octanol–water partition coefficient (Wildman–Crippen LogP) is 2.93. The summed E-state index contributed by atoms with van der Waals surface area (Å²) in [6, 6.07) is 14.5. The van der Waals surface area contributed by atoms with Gasteiger partial charge in [-0.3, -0.25) is 4.79 Å². The maximum absolute atomic E-state index is 13.2. The highest BCUT2D eigenvalue weighted by Gasteiger charge is 2.34. The van der Waals surface area contributed by atoms with Crippen molar-refractivity contribution in [1.82, 2.24) is 14.8 Å². The van der Waals surface area contributed by atoms with Gasteiger partial charge in [-0.1, -0.05) is 24.3 Å². The number of fused-ring (bicyclic) bond motifs is 2. The summed E-state index contributed by atoms with van der Waals surface area (Å²) in [7, 11) is 0. The zero-order chi connectivity index (χ0) is 19.1. The fourth-order valence-corrected chi connectivity index (χ4v) is 3.50. The summed E-state index contributed by atoms with van der Waals surface area (Å²) in [6.07, 6.45) is 1.47. The lowest BCUT2D eigenvalue weighted by Gasteiger charge is -2.28. The molecule has 8 heteroatoms. The number of ether oxygens (including phenoxy) is 2. The average molecular weight is 375 g/mol. The molecule has 0 saturated carbocycles. The molecule has 0 unspecified atom stereocenters. The maximum Gasteiger partial charge on any atom is 0.255 e. The molecule has 1 atom stereocenters. The van der Waals surface area contributed by atoms with Gasteiger partial charge >= 0.3 is 0 Å². The lowest BCUT2D eigenvalue weighted by Crippen LogP contribution is -2.31. The van der Waals surface area contributed by atoms with Crippen molar-refractivity contribution < 1.29 is 14.3 Å². The van der Waals surface area contributed by atoms with Crippen LogP contribution in [0.3, 0.4) is 0 Å². The smallest absolute Gasteiger partial charge is 0.255 e.